The lowest BCUT2D eigenvalue weighted by Gasteiger charge is -2.20. The number of nitrogens with zero attached hydrogens (tertiary/aromatic N) is 1. The number of benzene rings is 1. The number of likely N-dealkylation sites (N-methyl/N-ethyl adjacent to an activating group) is 1. The predicted octanol–water partition coefficient (Wildman–Crippen LogP) is 1.67. The van der Waals surface area contributed by atoms with Crippen LogP contribution in [-0.2, 0) is 4.79 Å². The summed E-state index contributed by atoms with van der Waals surface area (Å²) in [5, 5.41) is 0. The summed E-state index contributed by atoms with van der Waals surface area (Å²) < 4.78 is 10.7. The number of hydrogen-bond donors (Lipinski definition) is 1. The summed E-state index contributed by atoms with van der Waals surface area (Å²) in [5.74, 6) is 1.09. The molecule has 0 heterocycles. The molecule has 104 valence electrons. The average molecular weight is 264 g/mol. The number of carbonyl (C=O) groups excluding carboxylic acids is 1. The van der Waals surface area contributed by atoms with Crippen molar-refractivity contribution in [1.29, 1.82) is 0 Å². The number of nitrogens with two attached hydrogens (primary N) is 1. The Morgan fingerprint density at radius 2 is 2.16 bits per heavy atom. The first-order valence-electron chi connectivity index (χ1n) is 6.51. The summed E-state index contributed by atoms with van der Waals surface area (Å²) in [5.41, 5.74) is 6.28. The number of methoxy groups -OCH3 is 1. The van der Waals surface area contributed by atoms with Gasteiger partial charge in [0.25, 0.3) is 5.91 Å². The van der Waals surface area contributed by atoms with Gasteiger partial charge in [-0.05, 0) is 31.9 Å². The van der Waals surface area contributed by atoms with Crippen LogP contribution in [0.15, 0.2) is 18.2 Å². The van der Waals surface area contributed by atoms with Crippen LogP contribution in [0.3, 0.4) is 0 Å². The van der Waals surface area contributed by atoms with Crippen LogP contribution in [-0.4, -0.2) is 37.1 Å². The Kier molecular flexibility index (Phi) is 4.14. The molecule has 0 aliphatic heterocycles. The molecule has 0 atom stereocenters. The number of nitrogen functional groups attached to an aromatic ring is 1. The molecule has 5 nitrogen and oxygen atoms in total. The molecule has 1 aromatic rings. The van der Waals surface area contributed by atoms with Crippen LogP contribution in [0, 0.1) is 0 Å². The normalized spacial score (nSPS) is 14.0. The third-order valence-corrected chi connectivity index (χ3v) is 3.19. The van der Waals surface area contributed by atoms with E-state index in [9.17, 15) is 4.79 Å². The summed E-state index contributed by atoms with van der Waals surface area (Å²) in [6, 6.07) is 5.53. The van der Waals surface area contributed by atoms with Gasteiger partial charge in [0.15, 0.2) is 18.1 Å². The molecule has 19 heavy (non-hydrogen) atoms. The van der Waals surface area contributed by atoms with Crippen LogP contribution in [0.25, 0.3) is 0 Å². The number of anilines is 1. The van der Waals surface area contributed by atoms with Gasteiger partial charge in [0.05, 0.1) is 7.11 Å². The van der Waals surface area contributed by atoms with Gasteiger partial charge in [0, 0.05) is 24.3 Å². The Hall–Kier alpha value is -1.91. The molecule has 2 N–H and O–H groups in total. The van der Waals surface area contributed by atoms with Crippen molar-refractivity contribution in [3.8, 4) is 11.5 Å². The topological polar surface area (TPSA) is 64.8 Å². The number of carbonyl (C=O) groups is 1. The highest BCUT2D eigenvalue weighted by molar-refractivity contribution is 5.78. The zero-order chi connectivity index (χ0) is 13.8. The van der Waals surface area contributed by atoms with E-state index in [0.717, 1.165) is 19.4 Å². The molecule has 1 aliphatic rings. The molecule has 1 fully saturated rings. The van der Waals surface area contributed by atoms with Gasteiger partial charge in [-0.1, -0.05) is 0 Å². The quantitative estimate of drug-likeness (QED) is 0.794. The Morgan fingerprint density at radius 1 is 1.42 bits per heavy atom. The summed E-state index contributed by atoms with van der Waals surface area (Å²) in [7, 11) is 1.56. The molecule has 2 rings (SSSR count). The fraction of sp³-hybridized carbons (Fsp3) is 0.500. The van der Waals surface area contributed by atoms with Crippen LogP contribution in [0.5, 0.6) is 11.5 Å². The molecule has 0 radical (unpaired) electrons. The maximum atomic E-state index is 12.0. The molecule has 0 bridgehead atoms. The maximum Gasteiger partial charge on any atom is 0.260 e. The van der Waals surface area contributed by atoms with E-state index in [0.29, 0.717) is 23.2 Å². The molecule has 0 saturated heterocycles. The third kappa shape index (κ3) is 3.30. The van der Waals surface area contributed by atoms with Crippen molar-refractivity contribution in [3.05, 3.63) is 18.2 Å². The highest BCUT2D eigenvalue weighted by atomic mass is 16.5. The van der Waals surface area contributed by atoms with Gasteiger partial charge in [0.2, 0.25) is 0 Å². The predicted molar refractivity (Wildman–Crippen MR) is 73.3 cm³/mol. The van der Waals surface area contributed by atoms with Crippen LogP contribution < -0.4 is 15.2 Å². The monoisotopic (exact) mass is 264 g/mol. The molecule has 0 aromatic heterocycles. The largest absolute Gasteiger partial charge is 0.493 e. The molecule has 0 spiro atoms. The van der Waals surface area contributed by atoms with E-state index in [1.807, 2.05) is 11.8 Å². The van der Waals surface area contributed by atoms with Gasteiger partial charge in [-0.15, -0.1) is 0 Å². The van der Waals surface area contributed by atoms with E-state index >= 15 is 0 Å². The molecule has 0 unspecified atom stereocenters. The minimum absolute atomic E-state index is 0.00878. The van der Waals surface area contributed by atoms with Crippen molar-refractivity contribution in [2.45, 2.75) is 25.8 Å². The van der Waals surface area contributed by atoms with E-state index in [4.69, 9.17) is 15.2 Å². The second kappa shape index (κ2) is 5.82. The van der Waals surface area contributed by atoms with Crippen molar-refractivity contribution >= 4 is 11.6 Å². The van der Waals surface area contributed by atoms with E-state index in [2.05, 4.69) is 0 Å². The maximum absolute atomic E-state index is 12.0. The van der Waals surface area contributed by atoms with E-state index < -0.39 is 0 Å². The molecular formula is C14H20N2O3. The number of amides is 1. The highest BCUT2D eigenvalue weighted by Gasteiger charge is 2.31. The van der Waals surface area contributed by atoms with Crippen LogP contribution in [0.2, 0.25) is 0 Å². The lowest BCUT2D eigenvalue weighted by molar-refractivity contribution is -0.133. The lowest BCUT2D eigenvalue weighted by atomic mass is 10.3. The van der Waals surface area contributed by atoms with Crippen LogP contribution in [0.4, 0.5) is 5.69 Å². The SMILES string of the molecule is CCN(C(=O)COc1cc(N)ccc1OC)C1CC1. The first-order valence-corrected chi connectivity index (χ1v) is 6.51. The zero-order valence-corrected chi connectivity index (χ0v) is 11.4. The van der Waals surface area contributed by atoms with Gasteiger partial charge in [-0.3, -0.25) is 4.79 Å². The molecule has 5 heteroatoms. The van der Waals surface area contributed by atoms with Crippen LogP contribution >= 0.6 is 0 Å². The zero-order valence-electron chi connectivity index (χ0n) is 11.4. The van der Waals surface area contributed by atoms with Crippen molar-refractivity contribution in [2.75, 3.05) is 26.0 Å². The van der Waals surface area contributed by atoms with Gasteiger partial charge in [0.1, 0.15) is 0 Å². The van der Waals surface area contributed by atoms with E-state index in [1.54, 1.807) is 25.3 Å². The standard InChI is InChI=1S/C14H20N2O3/c1-3-16(11-5-6-11)14(17)9-19-13-8-10(15)4-7-12(13)18-2/h4,7-8,11H,3,5-6,9,15H2,1-2H3. The first-order chi connectivity index (χ1) is 9.15. The molecule has 1 aliphatic carbocycles. The third-order valence-electron chi connectivity index (χ3n) is 3.19. The number of hydrogen-bond acceptors (Lipinski definition) is 4. The Morgan fingerprint density at radius 3 is 2.74 bits per heavy atom. The number of ether oxygens (including phenoxy) is 2. The lowest BCUT2D eigenvalue weighted by Crippen LogP contribution is -2.36. The van der Waals surface area contributed by atoms with Crippen molar-refractivity contribution in [1.82, 2.24) is 4.90 Å². The van der Waals surface area contributed by atoms with Crippen molar-refractivity contribution < 1.29 is 14.3 Å². The average Bonchev–Trinajstić information content (AvgIpc) is 3.22. The first kappa shape index (κ1) is 13.5. The molecule has 1 saturated carbocycles. The van der Waals surface area contributed by atoms with E-state index in [1.165, 1.54) is 0 Å². The molecular weight excluding hydrogens is 244 g/mol. The van der Waals surface area contributed by atoms with Crippen LogP contribution in [0.1, 0.15) is 19.8 Å². The van der Waals surface area contributed by atoms with Crippen molar-refractivity contribution in [2.24, 2.45) is 0 Å². The van der Waals surface area contributed by atoms with Gasteiger partial charge < -0.3 is 20.1 Å². The molecule has 1 aromatic carbocycles. The second-order valence-electron chi connectivity index (χ2n) is 4.61. The van der Waals surface area contributed by atoms with Crippen molar-refractivity contribution in [3.63, 3.8) is 0 Å². The van der Waals surface area contributed by atoms with Gasteiger partial charge >= 0.3 is 0 Å². The minimum atomic E-state index is 0.00878. The molecule has 1 amide bonds. The van der Waals surface area contributed by atoms with E-state index in [-0.39, 0.29) is 12.5 Å². The summed E-state index contributed by atoms with van der Waals surface area (Å²) in [6.45, 7) is 2.72. The fourth-order valence-electron chi connectivity index (χ4n) is 2.05. The fourth-order valence-corrected chi connectivity index (χ4v) is 2.05. The Balaban J connectivity index is 1.97. The summed E-state index contributed by atoms with van der Waals surface area (Å²) >= 11 is 0. The summed E-state index contributed by atoms with van der Waals surface area (Å²) in [4.78, 5) is 13.9. The second-order valence-corrected chi connectivity index (χ2v) is 4.61. The van der Waals surface area contributed by atoms with Gasteiger partial charge in [-0.25, -0.2) is 0 Å². The van der Waals surface area contributed by atoms with Gasteiger partial charge in [-0.2, -0.15) is 0 Å². The number of rotatable bonds is 6. The smallest absolute Gasteiger partial charge is 0.260 e. The Labute approximate surface area is 113 Å². The summed E-state index contributed by atoms with van der Waals surface area (Å²) in [6.07, 6.45) is 2.20. The minimum Gasteiger partial charge on any atom is -0.493 e. The highest BCUT2D eigenvalue weighted by Crippen LogP contribution is 2.30. The Bertz CT molecular complexity index is 458.